The third-order valence-corrected chi connectivity index (χ3v) is 6.86. The van der Waals surface area contributed by atoms with Crippen LogP contribution in [0.15, 0.2) is 34.1 Å². The Kier molecular flexibility index (Phi) is 5.02. The fourth-order valence-electron chi connectivity index (χ4n) is 2.98. The first kappa shape index (κ1) is 16.1. The number of nitrogens with zero attached hydrogens (tertiary/aromatic N) is 1. The van der Waals surface area contributed by atoms with Crippen LogP contribution in [0.1, 0.15) is 0 Å². The van der Waals surface area contributed by atoms with Gasteiger partial charge in [0.15, 0.2) is 0 Å². The second kappa shape index (κ2) is 6.23. The van der Waals surface area contributed by atoms with Gasteiger partial charge in [0.2, 0.25) is 10.0 Å². The van der Waals surface area contributed by atoms with Gasteiger partial charge in [-0.2, -0.15) is 4.31 Å². The third kappa shape index (κ3) is 2.72. The van der Waals surface area contributed by atoms with E-state index in [0.717, 1.165) is 18.0 Å². The first-order chi connectivity index (χ1) is 9.13. The van der Waals surface area contributed by atoms with Crippen LogP contribution in [0.25, 0.3) is 0 Å². The molecule has 2 atom stereocenters. The van der Waals surface area contributed by atoms with Crippen LogP contribution in [-0.2, 0) is 10.0 Å². The summed E-state index contributed by atoms with van der Waals surface area (Å²) < 4.78 is 27.1. The van der Waals surface area contributed by atoms with Crippen molar-refractivity contribution < 1.29 is 8.42 Å². The average Bonchev–Trinajstić information content (AvgIpc) is 2.99. The Morgan fingerprint density at radius 2 is 1.80 bits per heavy atom. The van der Waals surface area contributed by atoms with Gasteiger partial charge in [-0.15, -0.1) is 24.2 Å². The van der Waals surface area contributed by atoms with Crippen LogP contribution < -0.4 is 5.32 Å². The fourth-order valence-corrected chi connectivity index (χ4v) is 5.66. The van der Waals surface area contributed by atoms with Crippen molar-refractivity contribution in [2.45, 2.75) is 9.79 Å². The van der Waals surface area contributed by atoms with E-state index in [-0.39, 0.29) is 12.4 Å². The van der Waals surface area contributed by atoms with E-state index >= 15 is 0 Å². The van der Waals surface area contributed by atoms with Crippen molar-refractivity contribution in [3.8, 4) is 0 Å². The van der Waals surface area contributed by atoms with Crippen LogP contribution in [-0.4, -0.2) is 45.2 Å². The Bertz CT molecular complexity index is 567. The molecule has 0 aromatic heterocycles. The molecule has 0 saturated carbocycles. The average molecular weight is 335 g/mol. The molecule has 2 saturated heterocycles. The second-order valence-corrected chi connectivity index (χ2v) is 7.91. The van der Waals surface area contributed by atoms with Gasteiger partial charge in [-0.05, 0) is 43.3 Å². The lowest BCUT2D eigenvalue weighted by molar-refractivity contribution is 0.446. The Morgan fingerprint density at radius 3 is 2.40 bits per heavy atom. The lowest BCUT2D eigenvalue weighted by Gasteiger charge is -2.19. The molecule has 7 heteroatoms. The van der Waals surface area contributed by atoms with E-state index in [4.69, 9.17) is 0 Å². The van der Waals surface area contributed by atoms with Crippen molar-refractivity contribution in [1.82, 2.24) is 9.62 Å². The van der Waals surface area contributed by atoms with Crippen molar-refractivity contribution in [1.29, 1.82) is 0 Å². The molecule has 4 nitrogen and oxygen atoms in total. The maximum Gasteiger partial charge on any atom is 0.244 e. The lowest BCUT2D eigenvalue weighted by atomic mass is 10.0. The molecule has 0 amide bonds. The highest BCUT2D eigenvalue weighted by Gasteiger charge is 2.41. The molecule has 2 aliphatic heterocycles. The molecule has 0 radical (unpaired) electrons. The quantitative estimate of drug-likeness (QED) is 0.854. The van der Waals surface area contributed by atoms with Gasteiger partial charge < -0.3 is 5.32 Å². The Labute approximate surface area is 130 Å². The van der Waals surface area contributed by atoms with Crippen LogP contribution in [0, 0.1) is 11.8 Å². The highest BCUT2D eigenvalue weighted by molar-refractivity contribution is 7.99. The molecule has 112 valence electrons. The van der Waals surface area contributed by atoms with Gasteiger partial charge >= 0.3 is 0 Å². The zero-order chi connectivity index (χ0) is 13.5. The standard InChI is InChI=1S/C13H18N2O2S2.ClH/c1-18-12-4-2-3-5-13(12)19(16,17)15-8-10-6-14-7-11(10)9-15;/h2-5,10-11,14H,6-9H2,1H3;1H/t10-,11+;. The van der Waals surface area contributed by atoms with Gasteiger partial charge in [0.05, 0.1) is 4.90 Å². The smallest absolute Gasteiger partial charge is 0.244 e. The molecule has 0 unspecified atom stereocenters. The molecule has 2 aliphatic rings. The minimum atomic E-state index is -3.34. The van der Waals surface area contributed by atoms with Crippen LogP contribution >= 0.6 is 24.2 Å². The van der Waals surface area contributed by atoms with Crippen molar-refractivity contribution in [3.05, 3.63) is 24.3 Å². The van der Waals surface area contributed by atoms with E-state index in [1.807, 2.05) is 18.4 Å². The highest BCUT2D eigenvalue weighted by atomic mass is 35.5. The molecule has 1 aromatic carbocycles. The monoisotopic (exact) mass is 334 g/mol. The maximum absolute atomic E-state index is 12.7. The molecule has 20 heavy (non-hydrogen) atoms. The van der Waals surface area contributed by atoms with Gasteiger partial charge in [0, 0.05) is 18.0 Å². The number of hydrogen-bond acceptors (Lipinski definition) is 4. The van der Waals surface area contributed by atoms with Crippen LogP contribution in [0.4, 0.5) is 0 Å². The van der Waals surface area contributed by atoms with Crippen molar-refractivity contribution in [2.24, 2.45) is 11.8 Å². The first-order valence-electron chi connectivity index (χ1n) is 6.47. The van der Waals surface area contributed by atoms with E-state index in [0.29, 0.717) is 29.8 Å². The van der Waals surface area contributed by atoms with Crippen molar-refractivity contribution in [2.75, 3.05) is 32.4 Å². The summed E-state index contributed by atoms with van der Waals surface area (Å²) in [5.74, 6) is 0.965. The zero-order valence-corrected chi connectivity index (χ0v) is 13.7. The topological polar surface area (TPSA) is 49.4 Å². The first-order valence-corrected chi connectivity index (χ1v) is 9.13. The van der Waals surface area contributed by atoms with Gasteiger partial charge in [0.1, 0.15) is 0 Å². The number of benzene rings is 1. The van der Waals surface area contributed by atoms with Gasteiger partial charge in [-0.1, -0.05) is 12.1 Å². The SMILES string of the molecule is CSc1ccccc1S(=O)(=O)N1C[C@H]2CNC[C@H]2C1.Cl. The summed E-state index contributed by atoms with van der Waals surface area (Å²) in [6, 6.07) is 7.27. The summed E-state index contributed by atoms with van der Waals surface area (Å²) in [6.07, 6.45) is 1.91. The summed E-state index contributed by atoms with van der Waals surface area (Å²) in [5.41, 5.74) is 0. The molecule has 0 bridgehead atoms. The molecule has 0 aliphatic carbocycles. The molecule has 1 aromatic rings. The molecule has 2 fully saturated rings. The van der Waals surface area contributed by atoms with Crippen molar-refractivity contribution >= 4 is 34.2 Å². The summed E-state index contributed by atoms with van der Waals surface area (Å²) in [5, 5.41) is 3.33. The minimum Gasteiger partial charge on any atom is -0.316 e. The van der Waals surface area contributed by atoms with Crippen LogP contribution in [0.2, 0.25) is 0 Å². The Hall–Kier alpha value is -0.270. The number of rotatable bonds is 3. The molecular formula is C13H19ClN2O2S2. The van der Waals surface area contributed by atoms with Gasteiger partial charge in [-0.3, -0.25) is 0 Å². The largest absolute Gasteiger partial charge is 0.316 e. The zero-order valence-electron chi connectivity index (χ0n) is 11.3. The lowest BCUT2D eigenvalue weighted by Crippen LogP contribution is -2.32. The van der Waals surface area contributed by atoms with Crippen LogP contribution in [0.3, 0.4) is 0 Å². The van der Waals surface area contributed by atoms with E-state index < -0.39 is 10.0 Å². The summed E-state index contributed by atoms with van der Waals surface area (Å²) >= 11 is 1.48. The molecule has 0 spiro atoms. The summed E-state index contributed by atoms with van der Waals surface area (Å²) in [4.78, 5) is 1.29. The van der Waals surface area contributed by atoms with Gasteiger partial charge in [-0.25, -0.2) is 8.42 Å². The molecule has 1 N–H and O–H groups in total. The number of thioether (sulfide) groups is 1. The van der Waals surface area contributed by atoms with E-state index in [1.165, 1.54) is 11.8 Å². The number of halogens is 1. The van der Waals surface area contributed by atoms with Crippen molar-refractivity contribution in [3.63, 3.8) is 0 Å². The van der Waals surface area contributed by atoms with E-state index in [9.17, 15) is 8.42 Å². The number of fused-ring (bicyclic) bond motifs is 1. The normalized spacial score (nSPS) is 26.2. The fraction of sp³-hybridized carbons (Fsp3) is 0.538. The minimum absolute atomic E-state index is 0. The second-order valence-electron chi connectivity index (χ2n) is 5.15. The Balaban J connectivity index is 0.00000147. The van der Waals surface area contributed by atoms with E-state index in [1.54, 1.807) is 16.4 Å². The molecule has 2 heterocycles. The Morgan fingerprint density at radius 1 is 1.20 bits per heavy atom. The highest BCUT2D eigenvalue weighted by Crippen LogP contribution is 2.33. The molecular weight excluding hydrogens is 316 g/mol. The predicted molar refractivity (Wildman–Crippen MR) is 84.1 cm³/mol. The number of sulfonamides is 1. The van der Waals surface area contributed by atoms with Crippen LogP contribution in [0.5, 0.6) is 0 Å². The maximum atomic E-state index is 12.7. The third-order valence-electron chi connectivity index (χ3n) is 4.04. The number of hydrogen-bond donors (Lipinski definition) is 1. The predicted octanol–water partition coefficient (Wildman–Crippen LogP) is 1.67. The van der Waals surface area contributed by atoms with Gasteiger partial charge in [0.25, 0.3) is 0 Å². The molecule has 3 rings (SSSR count). The summed E-state index contributed by atoms with van der Waals surface area (Å²) in [6.45, 7) is 3.20. The number of nitrogens with one attached hydrogen (secondary N) is 1. The van der Waals surface area contributed by atoms with E-state index in [2.05, 4.69) is 5.32 Å². The summed E-state index contributed by atoms with van der Waals surface area (Å²) in [7, 11) is -3.34.